The third-order valence-corrected chi connectivity index (χ3v) is 1.75. The van der Waals surface area contributed by atoms with Gasteiger partial charge in [0.05, 0.1) is 19.1 Å². The molecular weight excluding hydrogens is 170 g/mol. The summed E-state index contributed by atoms with van der Waals surface area (Å²) in [5.74, 6) is -0.552. The van der Waals surface area contributed by atoms with Gasteiger partial charge in [0.2, 0.25) is 0 Å². The topological polar surface area (TPSA) is 51.5 Å². The number of hydrogen-bond donors (Lipinski definition) is 1. The molecule has 4 nitrogen and oxygen atoms in total. The zero-order chi connectivity index (χ0) is 9.84. The predicted molar refractivity (Wildman–Crippen MR) is 48.0 cm³/mol. The normalized spacial score (nSPS) is 11.4. The lowest BCUT2D eigenvalue weighted by Crippen LogP contribution is -2.07. The van der Waals surface area contributed by atoms with E-state index in [1.165, 1.54) is 7.11 Å². The van der Waals surface area contributed by atoms with Gasteiger partial charge in [0.1, 0.15) is 5.57 Å². The maximum Gasteiger partial charge on any atom is 0.343 e. The maximum absolute atomic E-state index is 11.1. The smallest absolute Gasteiger partial charge is 0.343 e. The van der Waals surface area contributed by atoms with Crippen molar-refractivity contribution in [3.63, 3.8) is 0 Å². The minimum absolute atomic E-state index is 0.148. The van der Waals surface area contributed by atoms with E-state index in [-0.39, 0.29) is 5.57 Å². The Morgan fingerprint density at radius 1 is 1.69 bits per heavy atom. The number of carbonyl (C=O) groups excluding carboxylic acids is 1. The largest absolute Gasteiger partial charge is 0.515 e. The number of rotatable bonds is 2. The van der Waals surface area contributed by atoms with Gasteiger partial charge >= 0.3 is 5.97 Å². The number of aromatic nitrogens is 1. The number of ether oxygens (including phenoxy) is 1. The summed E-state index contributed by atoms with van der Waals surface area (Å²) >= 11 is 0. The zero-order valence-corrected chi connectivity index (χ0v) is 7.52. The van der Waals surface area contributed by atoms with E-state index >= 15 is 0 Å². The number of carbonyl (C=O) groups is 1. The highest BCUT2D eigenvalue weighted by molar-refractivity contribution is 6.15. The number of methoxy groups -OCH3 is 1. The molecule has 13 heavy (non-hydrogen) atoms. The third-order valence-electron chi connectivity index (χ3n) is 1.75. The Balaban J connectivity index is 3.06. The lowest BCUT2D eigenvalue weighted by molar-refractivity contribution is -0.133. The molecule has 0 radical (unpaired) electrons. The highest BCUT2D eigenvalue weighted by Gasteiger charge is 2.14. The number of aliphatic hydroxyl groups is 1. The molecule has 0 fully saturated rings. The molecule has 70 valence electrons. The summed E-state index contributed by atoms with van der Waals surface area (Å²) in [6.07, 6.45) is 2.53. The van der Waals surface area contributed by atoms with Crippen LogP contribution in [0.3, 0.4) is 0 Å². The van der Waals surface area contributed by atoms with Gasteiger partial charge in [0.15, 0.2) is 0 Å². The first-order valence-corrected chi connectivity index (χ1v) is 3.75. The molecule has 0 amide bonds. The summed E-state index contributed by atoms with van der Waals surface area (Å²) in [5, 5.41) is 8.85. The molecule has 4 heteroatoms. The lowest BCUT2D eigenvalue weighted by atomic mass is 10.2. The Labute approximate surface area is 76.1 Å². The lowest BCUT2D eigenvalue weighted by Gasteiger charge is -2.04. The highest BCUT2D eigenvalue weighted by Crippen LogP contribution is 2.14. The minimum atomic E-state index is -0.552. The second kappa shape index (κ2) is 3.80. The van der Waals surface area contributed by atoms with Crippen molar-refractivity contribution >= 4 is 11.5 Å². The molecule has 0 spiro atoms. The van der Waals surface area contributed by atoms with Crippen molar-refractivity contribution in [3.05, 3.63) is 30.3 Å². The van der Waals surface area contributed by atoms with Crippen LogP contribution in [-0.4, -0.2) is 22.8 Å². The van der Waals surface area contributed by atoms with E-state index in [0.29, 0.717) is 5.69 Å². The molecule has 0 aliphatic carbocycles. The van der Waals surface area contributed by atoms with Crippen molar-refractivity contribution in [3.8, 4) is 0 Å². The molecule has 0 aliphatic rings. The van der Waals surface area contributed by atoms with Crippen LogP contribution in [0.5, 0.6) is 0 Å². The van der Waals surface area contributed by atoms with Gasteiger partial charge in [-0.15, -0.1) is 0 Å². The predicted octanol–water partition coefficient (Wildman–Crippen LogP) is 1.10. The Kier molecular flexibility index (Phi) is 2.74. The van der Waals surface area contributed by atoms with Crippen LogP contribution < -0.4 is 0 Å². The first-order chi connectivity index (χ1) is 6.20. The summed E-state index contributed by atoms with van der Waals surface area (Å²) in [6, 6.07) is 3.50. The zero-order valence-electron chi connectivity index (χ0n) is 7.52. The number of esters is 1. The monoisotopic (exact) mass is 181 g/mol. The second-order valence-corrected chi connectivity index (χ2v) is 2.54. The first-order valence-electron chi connectivity index (χ1n) is 3.75. The molecule has 1 heterocycles. The standard InChI is InChI=1S/C9H11NO3/c1-10-5-3-4-8(10)7(6-11)9(12)13-2/h3-6,11H,1-2H3/b7-6+. The number of aryl methyl sites for hydroxylation is 1. The van der Waals surface area contributed by atoms with E-state index < -0.39 is 5.97 Å². The van der Waals surface area contributed by atoms with E-state index in [1.807, 2.05) is 0 Å². The molecule has 0 aromatic carbocycles. The molecule has 0 aliphatic heterocycles. The molecule has 1 aromatic rings. The van der Waals surface area contributed by atoms with Crippen molar-refractivity contribution in [2.45, 2.75) is 0 Å². The average molecular weight is 181 g/mol. The number of nitrogens with zero attached hydrogens (tertiary/aromatic N) is 1. The fraction of sp³-hybridized carbons (Fsp3) is 0.222. The Morgan fingerprint density at radius 2 is 2.38 bits per heavy atom. The first kappa shape index (κ1) is 9.38. The second-order valence-electron chi connectivity index (χ2n) is 2.54. The van der Waals surface area contributed by atoms with Crippen LogP contribution in [0.4, 0.5) is 0 Å². The Bertz CT molecular complexity index is 338. The highest BCUT2D eigenvalue weighted by atomic mass is 16.5. The van der Waals surface area contributed by atoms with Crippen molar-refractivity contribution in [2.24, 2.45) is 7.05 Å². The van der Waals surface area contributed by atoms with E-state index in [0.717, 1.165) is 6.26 Å². The SMILES string of the molecule is COC(=O)/C(=C/O)c1cccn1C. The molecule has 1 aromatic heterocycles. The summed E-state index contributed by atoms with van der Waals surface area (Å²) in [7, 11) is 3.05. The minimum Gasteiger partial charge on any atom is -0.515 e. The van der Waals surface area contributed by atoms with Gasteiger partial charge in [-0.05, 0) is 12.1 Å². The van der Waals surface area contributed by atoms with Gasteiger partial charge < -0.3 is 14.4 Å². The number of aliphatic hydroxyl groups excluding tert-OH is 1. The van der Waals surface area contributed by atoms with Crippen LogP contribution in [0.15, 0.2) is 24.6 Å². The fourth-order valence-corrected chi connectivity index (χ4v) is 1.07. The molecule has 0 unspecified atom stereocenters. The molecule has 0 atom stereocenters. The van der Waals surface area contributed by atoms with Crippen LogP contribution in [0.1, 0.15) is 5.69 Å². The van der Waals surface area contributed by atoms with E-state index in [9.17, 15) is 4.79 Å². The van der Waals surface area contributed by atoms with Crippen molar-refractivity contribution < 1.29 is 14.6 Å². The van der Waals surface area contributed by atoms with E-state index in [4.69, 9.17) is 5.11 Å². The van der Waals surface area contributed by atoms with E-state index in [1.54, 1.807) is 29.9 Å². The molecule has 0 saturated carbocycles. The van der Waals surface area contributed by atoms with Gasteiger partial charge in [0.25, 0.3) is 0 Å². The quantitative estimate of drug-likeness (QED) is 0.422. The van der Waals surface area contributed by atoms with Gasteiger partial charge in [-0.3, -0.25) is 0 Å². The van der Waals surface area contributed by atoms with Crippen LogP contribution in [0.2, 0.25) is 0 Å². The molecule has 0 bridgehead atoms. The Morgan fingerprint density at radius 3 is 2.77 bits per heavy atom. The fourth-order valence-electron chi connectivity index (χ4n) is 1.07. The summed E-state index contributed by atoms with van der Waals surface area (Å²) in [5.41, 5.74) is 0.768. The van der Waals surface area contributed by atoms with Crippen molar-refractivity contribution in [2.75, 3.05) is 7.11 Å². The molecular formula is C9H11NO3. The Hall–Kier alpha value is -1.71. The van der Waals surface area contributed by atoms with Gasteiger partial charge in [0, 0.05) is 13.2 Å². The van der Waals surface area contributed by atoms with E-state index in [2.05, 4.69) is 4.74 Å². The van der Waals surface area contributed by atoms with Crippen LogP contribution in [0.25, 0.3) is 5.57 Å². The summed E-state index contributed by atoms with van der Waals surface area (Å²) in [6.45, 7) is 0. The van der Waals surface area contributed by atoms with Gasteiger partial charge in [-0.2, -0.15) is 0 Å². The van der Waals surface area contributed by atoms with Crippen LogP contribution in [0, 0.1) is 0 Å². The van der Waals surface area contributed by atoms with Crippen molar-refractivity contribution in [1.29, 1.82) is 0 Å². The molecule has 1 N–H and O–H groups in total. The molecule has 1 rings (SSSR count). The van der Waals surface area contributed by atoms with Crippen molar-refractivity contribution in [1.82, 2.24) is 4.57 Å². The number of hydrogen-bond acceptors (Lipinski definition) is 3. The van der Waals surface area contributed by atoms with Gasteiger partial charge in [-0.1, -0.05) is 0 Å². The van der Waals surface area contributed by atoms with Crippen LogP contribution in [-0.2, 0) is 16.6 Å². The third kappa shape index (κ3) is 1.72. The average Bonchev–Trinajstić information content (AvgIpc) is 2.53. The van der Waals surface area contributed by atoms with Gasteiger partial charge in [-0.25, -0.2) is 4.79 Å². The maximum atomic E-state index is 11.1. The summed E-state index contributed by atoms with van der Waals surface area (Å²) < 4.78 is 6.22. The van der Waals surface area contributed by atoms with Crippen LogP contribution >= 0.6 is 0 Å². The molecule has 0 saturated heterocycles. The summed E-state index contributed by atoms with van der Waals surface area (Å²) in [4.78, 5) is 11.1.